The first-order valence-electron chi connectivity index (χ1n) is 12.2. The lowest BCUT2D eigenvalue weighted by atomic mass is 10.1. The van der Waals surface area contributed by atoms with Crippen molar-refractivity contribution in [1.82, 2.24) is 20.2 Å². The van der Waals surface area contributed by atoms with Crippen molar-refractivity contribution in [2.75, 3.05) is 6.54 Å². The number of aliphatic carboxylic acids is 1. The summed E-state index contributed by atoms with van der Waals surface area (Å²) in [5.41, 5.74) is -1.31. The highest BCUT2D eigenvalue weighted by Crippen LogP contribution is 2.45. The molecule has 3 N–H and O–H groups in total. The number of amides is 2. The molecule has 1 saturated heterocycles. The van der Waals surface area contributed by atoms with Crippen LogP contribution in [0.4, 0.5) is 0 Å². The molecule has 3 aromatic rings. The molecule has 3 heterocycles. The van der Waals surface area contributed by atoms with E-state index < -0.39 is 47.0 Å². The van der Waals surface area contributed by atoms with Gasteiger partial charge in [0, 0.05) is 12.3 Å². The third-order valence-corrected chi connectivity index (χ3v) is 7.82. The zero-order valence-electron chi connectivity index (χ0n) is 21.0. The van der Waals surface area contributed by atoms with Gasteiger partial charge in [-0.1, -0.05) is 24.3 Å². The number of carboxylic acid groups (broad SMARTS) is 1. The van der Waals surface area contributed by atoms with Crippen molar-refractivity contribution in [2.24, 2.45) is 5.92 Å². The molecular formula is C27H28N4O6S. The number of rotatable bonds is 8. The Morgan fingerprint density at radius 3 is 2.50 bits per heavy atom. The summed E-state index contributed by atoms with van der Waals surface area (Å²) in [7, 11) is 0. The Hall–Kier alpha value is -3.83. The zero-order valence-corrected chi connectivity index (χ0v) is 21.8. The first-order valence-corrected chi connectivity index (χ1v) is 13.1. The van der Waals surface area contributed by atoms with Crippen molar-refractivity contribution in [1.29, 1.82) is 0 Å². The van der Waals surface area contributed by atoms with Crippen molar-refractivity contribution in [2.45, 2.75) is 50.0 Å². The van der Waals surface area contributed by atoms with Gasteiger partial charge in [0.05, 0.1) is 22.5 Å². The summed E-state index contributed by atoms with van der Waals surface area (Å²) in [5.74, 6) is -2.58. The Morgan fingerprint density at radius 2 is 1.92 bits per heavy atom. The van der Waals surface area contributed by atoms with E-state index in [-0.39, 0.29) is 25.3 Å². The fourth-order valence-electron chi connectivity index (χ4n) is 4.82. The minimum absolute atomic E-state index is 0.00422. The van der Waals surface area contributed by atoms with Crippen LogP contribution < -0.4 is 10.1 Å². The number of fused-ring (bicyclic) bond motifs is 1. The highest BCUT2D eigenvalue weighted by atomic mass is 32.1. The molecule has 2 amide bonds. The first-order chi connectivity index (χ1) is 18.0. The molecule has 1 saturated carbocycles. The number of nitrogens with zero attached hydrogens (tertiary/aromatic N) is 3. The maximum Gasteiger partial charge on any atom is 0.330 e. The maximum atomic E-state index is 13.4. The van der Waals surface area contributed by atoms with Crippen LogP contribution in [0.1, 0.15) is 26.7 Å². The number of hydrogen-bond acceptors (Lipinski definition) is 8. The van der Waals surface area contributed by atoms with Crippen molar-refractivity contribution in [3.05, 3.63) is 54.4 Å². The van der Waals surface area contributed by atoms with Crippen LogP contribution >= 0.6 is 11.3 Å². The van der Waals surface area contributed by atoms with E-state index in [1.165, 1.54) is 36.2 Å². The second kappa shape index (κ2) is 9.48. The number of likely N-dealkylation sites (tertiary alicyclic amines) is 1. The largest absolute Gasteiger partial charge is 0.479 e. The average Bonchev–Trinajstić information content (AvgIpc) is 3.20. The van der Waals surface area contributed by atoms with Crippen molar-refractivity contribution < 1.29 is 29.3 Å². The van der Waals surface area contributed by atoms with E-state index in [1.807, 2.05) is 41.8 Å². The van der Waals surface area contributed by atoms with E-state index in [9.17, 15) is 24.6 Å². The predicted octanol–water partition coefficient (Wildman–Crippen LogP) is 2.62. The molecule has 0 radical (unpaired) electrons. The highest BCUT2D eigenvalue weighted by Gasteiger charge is 2.61. The van der Waals surface area contributed by atoms with Gasteiger partial charge in [0.15, 0.2) is 0 Å². The van der Waals surface area contributed by atoms with E-state index >= 15 is 0 Å². The summed E-state index contributed by atoms with van der Waals surface area (Å²) < 4.78 is 6.29. The molecule has 0 spiro atoms. The molecule has 2 aliphatic rings. The maximum absolute atomic E-state index is 13.4. The third-order valence-electron chi connectivity index (χ3n) is 6.95. The van der Waals surface area contributed by atoms with Crippen LogP contribution in [0, 0.1) is 5.92 Å². The van der Waals surface area contributed by atoms with Crippen LogP contribution in [-0.2, 0) is 14.4 Å². The van der Waals surface area contributed by atoms with Crippen LogP contribution in [0.15, 0.2) is 54.4 Å². The number of para-hydroxylation sites is 2. The topological polar surface area (TPSA) is 142 Å². The summed E-state index contributed by atoms with van der Waals surface area (Å²) in [4.78, 5) is 49.9. The van der Waals surface area contributed by atoms with Gasteiger partial charge < -0.3 is 25.2 Å². The predicted molar refractivity (Wildman–Crippen MR) is 140 cm³/mol. The van der Waals surface area contributed by atoms with Crippen molar-refractivity contribution >= 4 is 40.2 Å². The molecular weight excluding hydrogens is 508 g/mol. The van der Waals surface area contributed by atoms with Gasteiger partial charge >= 0.3 is 5.97 Å². The van der Waals surface area contributed by atoms with E-state index in [0.717, 1.165) is 4.88 Å². The smallest absolute Gasteiger partial charge is 0.330 e. The third kappa shape index (κ3) is 4.63. The number of hydrogen-bond donors (Lipinski definition) is 3. The van der Waals surface area contributed by atoms with Crippen LogP contribution in [0.5, 0.6) is 5.88 Å². The van der Waals surface area contributed by atoms with E-state index in [0.29, 0.717) is 16.7 Å². The van der Waals surface area contributed by atoms with Crippen molar-refractivity contribution in [3.8, 4) is 16.5 Å². The fraction of sp³-hybridized carbons (Fsp3) is 0.370. The second-order valence-corrected chi connectivity index (χ2v) is 11.1. The Morgan fingerprint density at radius 1 is 1.21 bits per heavy atom. The van der Waals surface area contributed by atoms with E-state index in [1.54, 1.807) is 0 Å². The minimum Gasteiger partial charge on any atom is -0.479 e. The Bertz CT molecular complexity index is 1420. The summed E-state index contributed by atoms with van der Waals surface area (Å²) in [6.45, 7) is 6.34. The lowest BCUT2D eigenvalue weighted by Crippen LogP contribution is -2.55. The molecule has 0 unspecified atom stereocenters. The number of thiophene rings is 1. The molecule has 1 aliphatic carbocycles. The van der Waals surface area contributed by atoms with Gasteiger partial charge in [-0.25, -0.2) is 14.8 Å². The lowest BCUT2D eigenvalue weighted by molar-refractivity contribution is -0.152. The monoisotopic (exact) mass is 536 g/mol. The van der Waals surface area contributed by atoms with Gasteiger partial charge in [-0.05, 0) is 43.8 Å². The molecule has 4 atom stereocenters. The number of benzene rings is 1. The molecule has 198 valence electrons. The van der Waals surface area contributed by atoms with Crippen LogP contribution in [0.3, 0.4) is 0 Å². The summed E-state index contributed by atoms with van der Waals surface area (Å²) in [5, 5.41) is 24.7. The normalized spacial score (nSPS) is 24.7. The first kappa shape index (κ1) is 25.8. The number of nitrogens with one attached hydrogen (secondary N) is 1. The SMILES string of the molecule is C=C[C@@H]1C[C@]1(NC(=O)[C@@H]1C[C@@H](Oc2nc3ccccc3nc2-c2cccs2)CN1C(=O)C(C)(C)O)C(=O)O. The van der Waals surface area contributed by atoms with Crippen molar-refractivity contribution in [3.63, 3.8) is 0 Å². The van der Waals surface area contributed by atoms with Crippen LogP contribution in [0.2, 0.25) is 0 Å². The summed E-state index contributed by atoms with van der Waals surface area (Å²) in [6, 6.07) is 10.2. The quantitative estimate of drug-likeness (QED) is 0.373. The number of aliphatic hydroxyl groups is 1. The van der Waals surface area contributed by atoms with Gasteiger partial charge in [0.25, 0.3) is 5.91 Å². The van der Waals surface area contributed by atoms with E-state index in [2.05, 4.69) is 16.9 Å². The van der Waals surface area contributed by atoms with Gasteiger partial charge in [-0.2, -0.15) is 0 Å². The standard InChI is InChI=1S/C27H28N4O6S/c1-4-15-13-27(15,25(34)35)30-22(32)19-12-16(14-31(19)24(33)26(2,3)36)37-23-21(20-10-7-11-38-20)28-17-8-5-6-9-18(17)29-23/h4-11,15-16,19,36H,1,12-14H2,2-3H3,(H,30,32)(H,34,35)/t15-,16-,19+,27-/m1/s1. The van der Waals surface area contributed by atoms with E-state index in [4.69, 9.17) is 9.72 Å². The Labute approximate surface area is 223 Å². The van der Waals surface area contributed by atoms with Crippen LogP contribution in [-0.4, -0.2) is 72.7 Å². The molecule has 38 heavy (non-hydrogen) atoms. The molecule has 1 aromatic carbocycles. The molecule has 2 aromatic heterocycles. The lowest BCUT2D eigenvalue weighted by Gasteiger charge is -2.30. The van der Waals surface area contributed by atoms with Gasteiger partial charge in [-0.15, -0.1) is 17.9 Å². The second-order valence-electron chi connectivity index (χ2n) is 10.2. The molecule has 2 fully saturated rings. The van der Waals surface area contributed by atoms with Gasteiger partial charge in [0.1, 0.15) is 29.0 Å². The molecule has 1 aliphatic heterocycles. The summed E-state index contributed by atoms with van der Waals surface area (Å²) >= 11 is 1.48. The number of aromatic nitrogens is 2. The highest BCUT2D eigenvalue weighted by molar-refractivity contribution is 7.13. The number of carbonyl (C=O) groups excluding carboxylic acids is 2. The van der Waals surface area contributed by atoms with Crippen LogP contribution in [0.25, 0.3) is 21.6 Å². The number of ether oxygens (including phenoxy) is 1. The van der Waals surface area contributed by atoms with Gasteiger partial charge in [-0.3, -0.25) is 9.59 Å². The molecule has 11 heteroatoms. The Kier molecular flexibility index (Phi) is 6.44. The fourth-order valence-corrected chi connectivity index (χ4v) is 5.53. The zero-order chi connectivity index (χ0) is 27.2. The number of carbonyl (C=O) groups is 3. The average molecular weight is 537 g/mol. The molecule has 5 rings (SSSR count). The Balaban J connectivity index is 1.45. The molecule has 10 nitrogen and oxygen atoms in total. The van der Waals surface area contributed by atoms with Gasteiger partial charge in [0.2, 0.25) is 11.8 Å². The summed E-state index contributed by atoms with van der Waals surface area (Å²) in [6.07, 6.45) is 1.15. The number of carboxylic acids is 1. The molecule has 0 bridgehead atoms. The minimum atomic E-state index is -1.74.